The molecule has 12 heavy (non-hydrogen) atoms. The van der Waals surface area contributed by atoms with Gasteiger partial charge in [0.15, 0.2) is 0 Å². The molecular weight excluding hydrogens is 166 g/mol. The fourth-order valence-corrected chi connectivity index (χ4v) is 0.354. The molecule has 3 N–H and O–H groups in total. The molecule has 6 nitrogen and oxygen atoms in total. The molecule has 0 rings (SSSR count). The summed E-state index contributed by atoms with van der Waals surface area (Å²) in [4.78, 5) is 28.7. The van der Waals surface area contributed by atoms with Gasteiger partial charge in [0.25, 0.3) is 6.47 Å². The number of carboxylic acid groups (broad SMARTS) is 1. The zero-order valence-electron chi connectivity index (χ0n) is 6.65. The number of rotatable bonds is 3. The maximum Gasteiger partial charge on any atom is 0.315 e. The van der Waals surface area contributed by atoms with Crippen molar-refractivity contribution >= 4 is 18.3 Å². The Bertz CT molecular complexity index is 156. The number of nitrogens with two attached hydrogens (primary N) is 1. The monoisotopic (exact) mass is 177 g/mol. The number of primary amides is 1. The molecule has 0 aliphatic rings. The normalized spacial score (nSPS) is 7.42. The highest BCUT2D eigenvalue weighted by Gasteiger charge is 2.04. The second kappa shape index (κ2) is 9.41. The van der Waals surface area contributed by atoms with E-state index in [0.717, 1.165) is 0 Å². The highest BCUT2D eigenvalue weighted by atomic mass is 16.5. The van der Waals surface area contributed by atoms with E-state index in [1.54, 1.807) is 6.92 Å². The third-order valence-corrected chi connectivity index (χ3v) is 0.624. The summed E-state index contributed by atoms with van der Waals surface area (Å²) in [6.45, 7) is 1.70. The molecule has 0 saturated carbocycles. The van der Waals surface area contributed by atoms with Crippen molar-refractivity contribution in [2.45, 2.75) is 13.3 Å². The molecule has 0 aromatic rings. The van der Waals surface area contributed by atoms with Gasteiger partial charge in [-0.2, -0.15) is 0 Å². The molecule has 0 saturated heterocycles. The van der Waals surface area contributed by atoms with Crippen molar-refractivity contribution in [1.82, 2.24) is 0 Å². The van der Waals surface area contributed by atoms with Crippen molar-refractivity contribution < 1.29 is 24.2 Å². The summed E-state index contributed by atoms with van der Waals surface area (Å²) in [5.74, 6) is -1.22. The van der Waals surface area contributed by atoms with E-state index >= 15 is 0 Å². The van der Waals surface area contributed by atoms with Crippen molar-refractivity contribution in [3.05, 3.63) is 0 Å². The van der Waals surface area contributed by atoms with E-state index in [1.165, 1.54) is 0 Å². The maximum absolute atomic E-state index is 10.3. The zero-order valence-corrected chi connectivity index (χ0v) is 6.65. The molecule has 0 bridgehead atoms. The van der Waals surface area contributed by atoms with Gasteiger partial charge >= 0.3 is 5.97 Å². The lowest BCUT2D eigenvalue weighted by Crippen LogP contribution is -2.17. The number of esters is 1. The van der Waals surface area contributed by atoms with Gasteiger partial charge in [-0.15, -0.1) is 0 Å². The fraction of sp³-hybridized carbons (Fsp3) is 0.500. The highest BCUT2D eigenvalue weighted by Crippen LogP contribution is 1.82. The summed E-state index contributed by atoms with van der Waals surface area (Å²) in [6.07, 6.45) is -0.326. The largest absolute Gasteiger partial charge is 0.483 e. The van der Waals surface area contributed by atoms with Crippen LogP contribution in [0.3, 0.4) is 0 Å². The molecule has 6 heteroatoms. The zero-order chi connectivity index (χ0) is 9.98. The smallest absolute Gasteiger partial charge is 0.315 e. The minimum atomic E-state index is -0.659. The molecule has 0 aliphatic heterocycles. The molecule has 0 radical (unpaired) electrons. The molecule has 0 spiro atoms. The molecule has 1 amide bonds. The Labute approximate surface area is 69.3 Å². The molecule has 0 aliphatic carbocycles. The third-order valence-electron chi connectivity index (χ3n) is 0.624. The van der Waals surface area contributed by atoms with Gasteiger partial charge in [-0.1, -0.05) is 0 Å². The van der Waals surface area contributed by atoms with Gasteiger partial charge in [-0.3, -0.25) is 14.4 Å². The van der Waals surface area contributed by atoms with Gasteiger partial charge in [0.2, 0.25) is 5.91 Å². The highest BCUT2D eigenvalue weighted by molar-refractivity contribution is 5.93. The quantitative estimate of drug-likeness (QED) is 0.331. The minimum Gasteiger partial charge on any atom is -0.483 e. The Hall–Kier alpha value is -1.59. The number of hydrogen-bond donors (Lipinski definition) is 2. The van der Waals surface area contributed by atoms with Crippen LogP contribution in [0.15, 0.2) is 0 Å². The first-order valence-electron chi connectivity index (χ1n) is 3.10. The van der Waals surface area contributed by atoms with Gasteiger partial charge in [0.1, 0.15) is 6.42 Å². The van der Waals surface area contributed by atoms with Crippen molar-refractivity contribution in [1.29, 1.82) is 0 Å². The summed E-state index contributed by atoms with van der Waals surface area (Å²) in [7, 11) is 0. The summed E-state index contributed by atoms with van der Waals surface area (Å²) in [5.41, 5.74) is 4.68. The predicted molar refractivity (Wildman–Crippen MR) is 39.1 cm³/mol. The topological polar surface area (TPSA) is 107 Å². The van der Waals surface area contributed by atoms with Gasteiger partial charge in [0.05, 0.1) is 6.61 Å². The van der Waals surface area contributed by atoms with E-state index in [1.807, 2.05) is 0 Å². The SMILES string of the molecule is CCOC(=O)CC(N)=O.O=CO. The van der Waals surface area contributed by atoms with Crippen molar-refractivity contribution in [2.24, 2.45) is 5.73 Å². The summed E-state index contributed by atoms with van der Waals surface area (Å²) < 4.78 is 4.41. The Morgan fingerprint density at radius 1 is 1.58 bits per heavy atom. The van der Waals surface area contributed by atoms with Crippen molar-refractivity contribution in [3.63, 3.8) is 0 Å². The number of carbonyl (C=O) groups excluding carboxylic acids is 2. The lowest BCUT2D eigenvalue weighted by Gasteiger charge is -1.95. The van der Waals surface area contributed by atoms with Crippen LogP contribution in [0.25, 0.3) is 0 Å². The summed E-state index contributed by atoms with van der Waals surface area (Å²) >= 11 is 0. The minimum absolute atomic E-state index is 0.250. The van der Waals surface area contributed by atoms with Crippen LogP contribution in [0.2, 0.25) is 0 Å². The van der Waals surface area contributed by atoms with E-state index in [2.05, 4.69) is 10.5 Å². The number of hydrogen-bond acceptors (Lipinski definition) is 4. The molecular formula is C6H11NO5. The van der Waals surface area contributed by atoms with Gasteiger partial charge in [-0.25, -0.2) is 0 Å². The molecule has 0 aromatic heterocycles. The molecule has 0 atom stereocenters. The fourth-order valence-electron chi connectivity index (χ4n) is 0.354. The second-order valence-electron chi connectivity index (χ2n) is 1.55. The average molecular weight is 177 g/mol. The van der Waals surface area contributed by atoms with Crippen LogP contribution in [0.5, 0.6) is 0 Å². The van der Waals surface area contributed by atoms with Crippen molar-refractivity contribution in [3.8, 4) is 0 Å². The number of carbonyl (C=O) groups is 3. The lowest BCUT2D eigenvalue weighted by molar-refractivity contribution is -0.145. The Balaban J connectivity index is 0. The molecule has 70 valence electrons. The van der Waals surface area contributed by atoms with Crippen molar-refractivity contribution in [2.75, 3.05) is 6.61 Å². The number of ether oxygens (including phenoxy) is 1. The Morgan fingerprint density at radius 2 is 2.00 bits per heavy atom. The Morgan fingerprint density at radius 3 is 2.25 bits per heavy atom. The Kier molecular flexibility index (Phi) is 10.2. The van der Waals surface area contributed by atoms with Crippen LogP contribution in [0.4, 0.5) is 0 Å². The maximum atomic E-state index is 10.3. The first-order valence-corrected chi connectivity index (χ1v) is 3.10. The molecule has 0 heterocycles. The van der Waals surface area contributed by atoms with Crippen LogP contribution >= 0.6 is 0 Å². The summed E-state index contributed by atoms with van der Waals surface area (Å²) in [6, 6.07) is 0. The first kappa shape index (κ1) is 13.0. The number of amides is 1. The van der Waals surface area contributed by atoms with E-state index in [-0.39, 0.29) is 19.5 Å². The van der Waals surface area contributed by atoms with Crippen LogP contribution in [-0.2, 0) is 19.1 Å². The van der Waals surface area contributed by atoms with Gasteiger partial charge in [-0.05, 0) is 6.92 Å². The summed E-state index contributed by atoms with van der Waals surface area (Å²) in [5, 5.41) is 6.89. The standard InChI is InChI=1S/C5H9NO3.CH2O2/c1-2-9-5(8)3-4(6)7;2-1-3/h2-3H2,1H3,(H2,6,7);1H,(H,2,3). The van der Waals surface area contributed by atoms with Crippen LogP contribution < -0.4 is 5.73 Å². The van der Waals surface area contributed by atoms with Crippen LogP contribution in [0.1, 0.15) is 13.3 Å². The second-order valence-corrected chi connectivity index (χ2v) is 1.55. The predicted octanol–water partition coefficient (Wildman–Crippen LogP) is -0.874. The third kappa shape index (κ3) is 15.8. The molecule has 0 aromatic carbocycles. The van der Waals surface area contributed by atoms with E-state index in [9.17, 15) is 9.59 Å². The van der Waals surface area contributed by atoms with E-state index in [0.29, 0.717) is 0 Å². The molecule has 0 fully saturated rings. The lowest BCUT2D eigenvalue weighted by atomic mass is 10.4. The van der Waals surface area contributed by atoms with E-state index < -0.39 is 11.9 Å². The van der Waals surface area contributed by atoms with Crippen LogP contribution in [0, 0.1) is 0 Å². The van der Waals surface area contributed by atoms with E-state index in [4.69, 9.17) is 9.90 Å². The molecule has 0 unspecified atom stereocenters. The van der Waals surface area contributed by atoms with Gasteiger partial charge in [0, 0.05) is 0 Å². The van der Waals surface area contributed by atoms with Gasteiger partial charge < -0.3 is 15.6 Å². The first-order chi connectivity index (χ1) is 5.58. The average Bonchev–Trinajstić information content (AvgIpc) is 1.87. The van der Waals surface area contributed by atoms with Crippen LogP contribution in [-0.4, -0.2) is 30.1 Å².